The maximum atomic E-state index is 5.73. The van der Waals surface area contributed by atoms with Gasteiger partial charge in [-0.15, -0.1) is 0 Å². The van der Waals surface area contributed by atoms with Crippen molar-refractivity contribution in [1.82, 2.24) is 9.55 Å². The van der Waals surface area contributed by atoms with Crippen molar-refractivity contribution in [2.45, 2.75) is 46.2 Å². The van der Waals surface area contributed by atoms with Gasteiger partial charge in [-0.3, -0.25) is 0 Å². The summed E-state index contributed by atoms with van der Waals surface area (Å²) in [5.74, 6) is 0.681. The van der Waals surface area contributed by atoms with Crippen LogP contribution < -0.4 is 5.73 Å². The lowest BCUT2D eigenvalue weighted by Gasteiger charge is -2.11. The largest absolute Gasteiger partial charge is 0.335 e. The van der Waals surface area contributed by atoms with Crippen LogP contribution in [0.15, 0.2) is 12.5 Å². The fourth-order valence-electron chi connectivity index (χ4n) is 1.48. The molecule has 1 rings (SSSR count). The van der Waals surface area contributed by atoms with Crippen LogP contribution in [0.3, 0.4) is 0 Å². The fourth-order valence-corrected chi connectivity index (χ4v) is 1.48. The van der Waals surface area contributed by atoms with Gasteiger partial charge in [0.1, 0.15) is 0 Å². The molecule has 0 bridgehead atoms. The van der Waals surface area contributed by atoms with Crippen LogP contribution >= 0.6 is 0 Å². The molecule has 0 amide bonds. The van der Waals surface area contributed by atoms with Gasteiger partial charge in [0, 0.05) is 24.5 Å². The minimum atomic E-state index is 0.268. The first-order valence-corrected chi connectivity index (χ1v) is 5.34. The zero-order valence-corrected chi connectivity index (χ0v) is 9.40. The van der Waals surface area contributed by atoms with E-state index < -0.39 is 0 Å². The highest BCUT2D eigenvalue weighted by Crippen LogP contribution is 2.08. The average Bonchev–Trinajstić information content (AvgIpc) is 2.47. The molecule has 0 radical (unpaired) electrons. The second kappa shape index (κ2) is 5.15. The van der Waals surface area contributed by atoms with Gasteiger partial charge in [-0.2, -0.15) is 0 Å². The van der Waals surface area contributed by atoms with Crippen LogP contribution in [0.25, 0.3) is 0 Å². The molecule has 14 heavy (non-hydrogen) atoms. The maximum absolute atomic E-state index is 5.73. The van der Waals surface area contributed by atoms with Gasteiger partial charge >= 0.3 is 0 Å². The third kappa shape index (κ3) is 3.50. The predicted molar refractivity (Wildman–Crippen MR) is 59.0 cm³/mol. The number of imidazole rings is 1. The Hall–Kier alpha value is -0.830. The topological polar surface area (TPSA) is 43.8 Å². The summed E-state index contributed by atoms with van der Waals surface area (Å²) in [6.45, 7) is 7.48. The van der Waals surface area contributed by atoms with Crippen molar-refractivity contribution >= 4 is 0 Å². The minimum Gasteiger partial charge on any atom is -0.335 e. The molecule has 1 atom stereocenters. The number of hydrogen-bond acceptors (Lipinski definition) is 2. The van der Waals surface area contributed by atoms with Crippen molar-refractivity contribution in [3.05, 3.63) is 18.2 Å². The molecule has 3 heteroatoms. The number of nitrogens with zero attached hydrogens (tertiary/aromatic N) is 2. The Morgan fingerprint density at radius 2 is 2.14 bits per heavy atom. The molecule has 0 saturated heterocycles. The highest BCUT2D eigenvalue weighted by molar-refractivity contribution is 4.99. The Labute approximate surface area is 86.3 Å². The molecule has 0 saturated carbocycles. The van der Waals surface area contributed by atoms with E-state index in [2.05, 4.69) is 23.4 Å². The van der Waals surface area contributed by atoms with Gasteiger partial charge in [0.25, 0.3) is 0 Å². The van der Waals surface area contributed by atoms with E-state index in [0.29, 0.717) is 5.92 Å². The summed E-state index contributed by atoms with van der Waals surface area (Å²) in [6.07, 6.45) is 5.97. The summed E-state index contributed by atoms with van der Waals surface area (Å²) < 4.78 is 2.21. The van der Waals surface area contributed by atoms with Gasteiger partial charge in [0.05, 0.1) is 6.33 Å². The number of aryl methyl sites for hydroxylation is 1. The van der Waals surface area contributed by atoms with Crippen molar-refractivity contribution in [3.8, 4) is 0 Å². The van der Waals surface area contributed by atoms with Crippen molar-refractivity contribution in [2.75, 3.05) is 0 Å². The highest BCUT2D eigenvalue weighted by Gasteiger charge is 2.04. The van der Waals surface area contributed by atoms with Gasteiger partial charge < -0.3 is 10.3 Å². The zero-order valence-electron chi connectivity index (χ0n) is 9.40. The van der Waals surface area contributed by atoms with Crippen LogP contribution in [0, 0.1) is 5.92 Å². The monoisotopic (exact) mass is 195 g/mol. The van der Waals surface area contributed by atoms with E-state index in [4.69, 9.17) is 5.73 Å². The molecule has 3 nitrogen and oxygen atoms in total. The molecule has 0 aliphatic carbocycles. The molecule has 1 unspecified atom stereocenters. The van der Waals surface area contributed by atoms with Gasteiger partial charge in [0.2, 0.25) is 0 Å². The van der Waals surface area contributed by atoms with E-state index in [1.54, 1.807) is 0 Å². The quantitative estimate of drug-likeness (QED) is 0.779. The van der Waals surface area contributed by atoms with E-state index >= 15 is 0 Å². The Kier molecular flexibility index (Phi) is 4.14. The number of rotatable bonds is 5. The molecule has 0 aliphatic heterocycles. The Morgan fingerprint density at radius 1 is 1.43 bits per heavy atom. The third-order valence-electron chi connectivity index (χ3n) is 2.24. The summed E-state index contributed by atoms with van der Waals surface area (Å²) >= 11 is 0. The molecule has 0 aliphatic rings. The first-order chi connectivity index (χ1) is 6.59. The van der Waals surface area contributed by atoms with Crippen molar-refractivity contribution in [1.29, 1.82) is 0 Å². The predicted octanol–water partition coefficient (Wildman–Crippen LogP) is 1.82. The number of hydrogen-bond donors (Lipinski definition) is 1. The van der Waals surface area contributed by atoms with Crippen LogP contribution in [0.5, 0.6) is 0 Å². The zero-order chi connectivity index (χ0) is 10.6. The molecule has 0 spiro atoms. The van der Waals surface area contributed by atoms with E-state index in [9.17, 15) is 0 Å². The van der Waals surface area contributed by atoms with Crippen molar-refractivity contribution in [2.24, 2.45) is 11.7 Å². The lowest BCUT2D eigenvalue weighted by molar-refractivity contribution is 0.535. The van der Waals surface area contributed by atoms with Gasteiger partial charge in [0.15, 0.2) is 0 Å². The van der Waals surface area contributed by atoms with Crippen LogP contribution in [0.1, 0.15) is 32.9 Å². The molecular formula is C11H21N3. The number of aromatic nitrogens is 2. The van der Waals surface area contributed by atoms with E-state index in [1.807, 2.05) is 19.4 Å². The van der Waals surface area contributed by atoms with Crippen LogP contribution in [0.2, 0.25) is 0 Å². The lowest BCUT2D eigenvalue weighted by Crippen LogP contribution is -2.18. The summed E-state index contributed by atoms with van der Waals surface area (Å²) in [4.78, 5) is 4.18. The van der Waals surface area contributed by atoms with Gasteiger partial charge in [-0.1, -0.05) is 13.8 Å². The van der Waals surface area contributed by atoms with Crippen LogP contribution in [0.4, 0.5) is 0 Å². The minimum absolute atomic E-state index is 0.268. The van der Waals surface area contributed by atoms with E-state index in [1.165, 1.54) is 5.69 Å². The molecule has 80 valence electrons. The standard InChI is InChI=1S/C11H21N3/c1-9(2)6-11-7-13-8-14(11)5-4-10(3)12/h7-10H,4-6,12H2,1-3H3. The second-order valence-corrected chi connectivity index (χ2v) is 4.44. The van der Waals surface area contributed by atoms with E-state index in [0.717, 1.165) is 19.4 Å². The van der Waals surface area contributed by atoms with Gasteiger partial charge in [-0.05, 0) is 25.7 Å². The molecule has 0 fully saturated rings. The molecular weight excluding hydrogens is 174 g/mol. The Bertz CT molecular complexity index is 263. The molecule has 0 aromatic carbocycles. The lowest BCUT2D eigenvalue weighted by atomic mass is 10.1. The van der Waals surface area contributed by atoms with Crippen molar-refractivity contribution in [3.63, 3.8) is 0 Å². The first kappa shape index (κ1) is 11.2. The van der Waals surface area contributed by atoms with Crippen LogP contribution in [-0.4, -0.2) is 15.6 Å². The van der Waals surface area contributed by atoms with Crippen molar-refractivity contribution < 1.29 is 0 Å². The smallest absolute Gasteiger partial charge is 0.0948 e. The molecule has 1 aromatic heterocycles. The second-order valence-electron chi connectivity index (χ2n) is 4.44. The SMILES string of the molecule is CC(C)Cc1cncn1CCC(C)N. The number of nitrogens with two attached hydrogens (primary N) is 1. The van der Waals surface area contributed by atoms with E-state index in [-0.39, 0.29) is 6.04 Å². The summed E-state index contributed by atoms with van der Waals surface area (Å²) in [5.41, 5.74) is 7.05. The first-order valence-electron chi connectivity index (χ1n) is 5.34. The average molecular weight is 195 g/mol. The van der Waals surface area contributed by atoms with Gasteiger partial charge in [-0.25, -0.2) is 4.98 Å². The normalized spacial score (nSPS) is 13.5. The molecule has 2 N–H and O–H groups in total. The summed E-state index contributed by atoms with van der Waals surface area (Å²) in [6, 6.07) is 0.268. The Balaban J connectivity index is 2.53. The summed E-state index contributed by atoms with van der Waals surface area (Å²) in [7, 11) is 0. The fraction of sp³-hybridized carbons (Fsp3) is 0.727. The maximum Gasteiger partial charge on any atom is 0.0948 e. The Morgan fingerprint density at radius 3 is 2.71 bits per heavy atom. The third-order valence-corrected chi connectivity index (χ3v) is 2.24. The molecule has 1 heterocycles. The van der Waals surface area contributed by atoms with Crippen LogP contribution in [-0.2, 0) is 13.0 Å². The molecule has 1 aromatic rings. The summed E-state index contributed by atoms with van der Waals surface area (Å²) in [5, 5.41) is 0. The highest BCUT2D eigenvalue weighted by atomic mass is 15.0.